The Morgan fingerprint density at radius 2 is 1.36 bits per heavy atom. The number of hydrogen-bond donors (Lipinski definition) is 0. The summed E-state index contributed by atoms with van der Waals surface area (Å²) in [5.41, 5.74) is 2.68. The molecule has 0 atom stereocenters. The minimum atomic E-state index is 1.23. The van der Waals surface area contributed by atoms with Gasteiger partial charge in [0.15, 0.2) is 0 Å². The van der Waals surface area contributed by atoms with Crippen LogP contribution >= 0.6 is 0 Å². The number of hydrogen-bond acceptors (Lipinski definition) is 0. The van der Waals surface area contributed by atoms with Crippen LogP contribution in [0.15, 0.2) is 48.6 Å². The maximum Gasteiger partial charge on any atom is -0.0313 e. The van der Waals surface area contributed by atoms with Crippen molar-refractivity contribution >= 4 is 0 Å². The molecule has 1 aliphatic carbocycles. The number of allylic oxidation sites excluding steroid dienone is 4. The van der Waals surface area contributed by atoms with E-state index in [9.17, 15) is 0 Å². The summed E-state index contributed by atoms with van der Waals surface area (Å²) in [5, 5.41) is 0. The van der Waals surface area contributed by atoms with E-state index in [2.05, 4.69) is 62.4 Å². The van der Waals surface area contributed by atoms with Gasteiger partial charge in [0.2, 0.25) is 0 Å². The standard InChI is InChI=1S/C8H10.C6H8/c1-7-4-3-5-8(2)6-7;1-2-4-6-5-3-1/h3-6H,1-2H3;1-4H,5-6H2. The third-order valence-electron chi connectivity index (χ3n) is 2.06. The smallest absolute Gasteiger partial charge is 0.0313 e. The van der Waals surface area contributed by atoms with Crippen molar-refractivity contribution in [1.82, 2.24) is 0 Å². The normalized spacial score (nSPS) is 13.3. The van der Waals surface area contributed by atoms with Gasteiger partial charge in [-0.3, -0.25) is 0 Å². The van der Waals surface area contributed by atoms with E-state index in [0.717, 1.165) is 0 Å². The van der Waals surface area contributed by atoms with E-state index in [1.807, 2.05) is 0 Å². The largest absolute Gasteiger partial charge is 0.0842 e. The molecule has 0 amide bonds. The molecule has 0 fully saturated rings. The van der Waals surface area contributed by atoms with Crippen molar-refractivity contribution in [2.45, 2.75) is 26.7 Å². The van der Waals surface area contributed by atoms with E-state index in [0.29, 0.717) is 0 Å². The Morgan fingerprint density at radius 1 is 0.857 bits per heavy atom. The average Bonchev–Trinajstić information content (AvgIpc) is 2.21. The van der Waals surface area contributed by atoms with Crippen LogP contribution in [-0.4, -0.2) is 0 Å². The molecule has 0 aliphatic heterocycles. The van der Waals surface area contributed by atoms with Crippen LogP contribution in [0.5, 0.6) is 0 Å². The SMILES string of the molecule is C1=CCCC=C1.Cc1cccc(C)c1. The van der Waals surface area contributed by atoms with Crippen LogP contribution in [0.3, 0.4) is 0 Å². The quantitative estimate of drug-likeness (QED) is 0.569. The van der Waals surface area contributed by atoms with Crippen molar-refractivity contribution in [3.63, 3.8) is 0 Å². The lowest BCUT2D eigenvalue weighted by Crippen LogP contribution is -1.71. The highest BCUT2D eigenvalue weighted by molar-refractivity contribution is 5.20. The molecule has 0 nitrogen and oxygen atoms in total. The first-order chi connectivity index (χ1) is 6.79. The summed E-state index contributed by atoms with van der Waals surface area (Å²) in [5.74, 6) is 0. The van der Waals surface area contributed by atoms with E-state index in [-0.39, 0.29) is 0 Å². The zero-order chi connectivity index (χ0) is 10.2. The molecular formula is C14H18. The third-order valence-corrected chi connectivity index (χ3v) is 2.06. The molecule has 14 heavy (non-hydrogen) atoms. The van der Waals surface area contributed by atoms with Gasteiger partial charge in [-0.25, -0.2) is 0 Å². The molecule has 0 heteroatoms. The van der Waals surface area contributed by atoms with Crippen molar-refractivity contribution in [3.05, 3.63) is 59.7 Å². The van der Waals surface area contributed by atoms with Crippen LogP contribution in [0.4, 0.5) is 0 Å². The number of benzene rings is 1. The maximum atomic E-state index is 2.18. The molecule has 0 spiro atoms. The molecule has 2 rings (SSSR count). The van der Waals surface area contributed by atoms with Crippen LogP contribution in [0.2, 0.25) is 0 Å². The summed E-state index contributed by atoms with van der Waals surface area (Å²) in [4.78, 5) is 0. The van der Waals surface area contributed by atoms with Gasteiger partial charge in [-0.2, -0.15) is 0 Å². The fourth-order valence-corrected chi connectivity index (χ4v) is 1.35. The van der Waals surface area contributed by atoms with Gasteiger partial charge in [-0.15, -0.1) is 0 Å². The summed E-state index contributed by atoms with van der Waals surface area (Å²) in [6.07, 6.45) is 11.0. The Bertz CT molecular complexity index is 289. The molecule has 0 saturated heterocycles. The summed E-state index contributed by atoms with van der Waals surface area (Å²) in [6.45, 7) is 4.21. The van der Waals surface area contributed by atoms with Crippen molar-refractivity contribution in [1.29, 1.82) is 0 Å². The molecule has 0 N–H and O–H groups in total. The Kier molecular flexibility index (Phi) is 4.77. The molecule has 0 unspecified atom stereocenters. The molecule has 1 aliphatic rings. The Labute approximate surface area is 87.0 Å². The topological polar surface area (TPSA) is 0 Å². The van der Waals surface area contributed by atoms with E-state index in [1.165, 1.54) is 24.0 Å². The zero-order valence-corrected chi connectivity index (χ0v) is 9.03. The maximum absolute atomic E-state index is 2.18. The van der Waals surface area contributed by atoms with Crippen LogP contribution in [-0.2, 0) is 0 Å². The van der Waals surface area contributed by atoms with Crippen molar-refractivity contribution in [2.24, 2.45) is 0 Å². The third kappa shape index (κ3) is 4.66. The second-order valence-corrected chi connectivity index (χ2v) is 3.59. The molecule has 74 valence electrons. The monoisotopic (exact) mass is 186 g/mol. The summed E-state index contributed by atoms with van der Waals surface area (Å²) >= 11 is 0. The first kappa shape index (κ1) is 10.8. The predicted molar refractivity (Wildman–Crippen MR) is 63.4 cm³/mol. The fraction of sp³-hybridized carbons (Fsp3) is 0.286. The first-order valence-corrected chi connectivity index (χ1v) is 5.14. The summed E-state index contributed by atoms with van der Waals surface area (Å²) in [6, 6.07) is 8.45. The van der Waals surface area contributed by atoms with Gasteiger partial charge in [0, 0.05) is 0 Å². The fourth-order valence-electron chi connectivity index (χ4n) is 1.35. The zero-order valence-electron chi connectivity index (χ0n) is 9.03. The van der Waals surface area contributed by atoms with E-state index < -0.39 is 0 Å². The lowest BCUT2D eigenvalue weighted by atomic mass is 10.2. The van der Waals surface area contributed by atoms with Crippen molar-refractivity contribution in [2.75, 3.05) is 0 Å². The van der Waals surface area contributed by atoms with Gasteiger partial charge in [-0.1, -0.05) is 59.7 Å². The number of aryl methyl sites for hydroxylation is 2. The molecule has 0 saturated carbocycles. The van der Waals surface area contributed by atoms with Gasteiger partial charge < -0.3 is 0 Å². The molecule has 1 aromatic rings. The highest BCUT2D eigenvalue weighted by Crippen LogP contribution is 2.00. The number of rotatable bonds is 0. The Morgan fingerprint density at radius 3 is 1.57 bits per heavy atom. The van der Waals surface area contributed by atoms with Crippen LogP contribution < -0.4 is 0 Å². The molecule has 1 aromatic carbocycles. The van der Waals surface area contributed by atoms with Crippen LogP contribution in [0.1, 0.15) is 24.0 Å². The van der Waals surface area contributed by atoms with E-state index >= 15 is 0 Å². The van der Waals surface area contributed by atoms with Crippen LogP contribution in [0, 0.1) is 13.8 Å². The highest BCUT2D eigenvalue weighted by Gasteiger charge is 1.80. The summed E-state index contributed by atoms with van der Waals surface area (Å²) in [7, 11) is 0. The molecule has 0 heterocycles. The average molecular weight is 186 g/mol. The van der Waals surface area contributed by atoms with E-state index in [1.54, 1.807) is 0 Å². The minimum absolute atomic E-state index is 1.23. The highest BCUT2D eigenvalue weighted by atomic mass is 13.9. The van der Waals surface area contributed by atoms with Gasteiger partial charge in [0.05, 0.1) is 0 Å². The second kappa shape index (κ2) is 6.20. The summed E-state index contributed by atoms with van der Waals surface area (Å²) < 4.78 is 0. The lowest BCUT2D eigenvalue weighted by molar-refractivity contribution is 1.04. The predicted octanol–water partition coefficient (Wildman–Crippen LogP) is 4.20. The molecule has 0 radical (unpaired) electrons. The van der Waals surface area contributed by atoms with Crippen molar-refractivity contribution in [3.8, 4) is 0 Å². The van der Waals surface area contributed by atoms with Gasteiger partial charge >= 0.3 is 0 Å². The molecular weight excluding hydrogens is 168 g/mol. The van der Waals surface area contributed by atoms with Gasteiger partial charge in [0.1, 0.15) is 0 Å². The molecule has 0 bridgehead atoms. The van der Waals surface area contributed by atoms with Crippen LogP contribution in [0.25, 0.3) is 0 Å². The lowest BCUT2D eigenvalue weighted by Gasteiger charge is -1.90. The molecule has 0 aromatic heterocycles. The Balaban J connectivity index is 0.000000146. The van der Waals surface area contributed by atoms with Crippen molar-refractivity contribution < 1.29 is 0 Å². The first-order valence-electron chi connectivity index (χ1n) is 5.14. The minimum Gasteiger partial charge on any atom is -0.0842 e. The second-order valence-electron chi connectivity index (χ2n) is 3.59. The van der Waals surface area contributed by atoms with Gasteiger partial charge in [-0.05, 0) is 26.7 Å². The van der Waals surface area contributed by atoms with E-state index in [4.69, 9.17) is 0 Å². The Hall–Kier alpha value is -1.30. The van der Waals surface area contributed by atoms with Gasteiger partial charge in [0.25, 0.3) is 0 Å².